The van der Waals surface area contributed by atoms with Crippen LogP contribution in [0.15, 0.2) is 0 Å². The van der Waals surface area contributed by atoms with Crippen LogP contribution >= 0.6 is 0 Å². The second kappa shape index (κ2) is 6.02. The van der Waals surface area contributed by atoms with Gasteiger partial charge in [-0.05, 0) is 38.5 Å². The van der Waals surface area contributed by atoms with Crippen LogP contribution in [-0.2, 0) is 14.4 Å². The average molecular weight is 294 g/mol. The molecular weight excluding hydrogens is 264 g/mol. The van der Waals surface area contributed by atoms with Gasteiger partial charge in [-0.1, -0.05) is 41.5 Å². The van der Waals surface area contributed by atoms with Gasteiger partial charge in [0.05, 0.1) is 16.2 Å². The zero-order valence-corrected chi connectivity index (χ0v) is 14.5. The Hall–Kier alpha value is -0.990. The summed E-state index contributed by atoms with van der Waals surface area (Å²) < 4.78 is 0. The molecule has 0 amide bonds. The quantitative estimate of drug-likeness (QED) is 0.692. The Balaban J connectivity index is 3.72. The van der Waals surface area contributed by atoms with Crippen molar-refractivity contribution in [2.45, 2.75) is 80.1 Å². The van der Waals surface area contributed by atoms with Gasteiger partial charge in [0.15, 0.2) is 17.3 Å². The molecule has 0 atom stereocenters. The van der Waals surface area contributed by atoms with E-state index in [9.17, 15) is 14.4 Å². The molecule has 21 heavy (non-hydrogen) atoms. The molecule has 1 saturated carbocycles. The number of carbonyl (C=O) groups is 3. The molecule has 0 aliphatic heterocycles. The van der Waals surface area contributed by atoms with Gasteiger partial charge in [0.2, 0.25) is 0 Å². The Morgan fingerprint density at radius 1 is 0.476 bits per heavy atom. The molecule has 0 radical (unpaired) electrons. The van der Waals surface area contributed by atoms with Crippen molar-refractivity contribution in [2.24, 2.45) is 16.2 Å². The van der Waals surface area contributed by atoms with Crippen LogP contribution in [0.4, 0.5) is 0 Å². The smallest absolute Gasteiger partial charge is 0.159 e. The van der Waals surface area contributed by atoms with Crippen LogP contribution in [-0.4, -0.2) is 17.3 Å². The van der Waals surface area contributed by atoms with Crippen LogP contribution in [0, 0.1) is 16.2 Å². The first-order valence-electron chi connectivity index (χ1n) is 8.48. The number of hydrogen-bond acceptors (Lipinski definition) is 3. The lowest BCUT2D eigenvalue weighted by Crippen LogP contribution is -2.65. The van der Waals surface area contributed by atoms with E-state index in [-0.39, 0.29) is 17.3 Å². The molecule has 0 saturated heterocycles. The first-order valence-corrected chi connectivity index (χ1v) is 8.48. The molecule has 0 aromatic rings. The van der Waals surface area contributed by atoms with Crippen molar-refractivity contribution in [3.8, 4) is 0 Å². The lowest BCUT2D eigenvalue weighted by Gasteiger charge is -2.51. The maximum atomic E-state index is 13.2. The summed E-state index contributed by atoms with van der Waals surface area (Å²) in [5.41, 5.74) is -2.90. The fourth-order valence-electron chi connectivity index (χ4n) is 4.36. The standard InChI is InChI=1S/C18H30O3/c1-7-16(8-2)13(19)17(9-3,10-4)15(21)18(11-5,12-6)14(16)20/h7-12H2,1-6H3. The summed E-state index contributed by atoms with van der Waals surface area (Å²) in [6, 6.07) is 0. The van der Waals surface area contributed by atoms with E-state index in [0.29, 0.717) is 38.5 Å². The van der Waals surface area contributed by atoms with Crippen LogP contribution in [0.1, 0.15) is 80.1 Å². The van der Waals surface area contributed by atoms with Gasteiger partial charge in [0.25, 0.3) is 0 Å². The summed E-state index contributed by atoms with van der Waals surface area (Å²) >= 11 is 0. The molecule has 1 fully saturated rings. The minimum atomic E-state index is -0.966. The molecule has 0 aromatic heterocycles. The van der Waals surface area contributed by atoms with Gasteiger partial charge in [0.1, 0.15) is 0 Å². The molecule has 0 N–H and O–H groups in total. The highest BCUT2D eigenvalue weighted by Crippen LogP contribution is 2.55. The van der Waals surface area contributed by atoms with Gasteiger partial charge in [-0.2, -0.15) is 0 Å². The van der Waals surface area contributed by atoms with Crippen molar-refractivity contribution in [2.75, 3.05) is 0 Å². The van der Waals surface area contributed by atoms with E-state index in [1.54, 1.807) is 0 Å². The Kier molecular flexibility index (Phi) is 5.18. The first kappa shape index (κ1) is 18.1. The largest absolute Gasteiger partial charge is 0.297 e. The van der Waals surface area contributed by atoms with E-state index >= 15 is 0 Å². The number of hydrogen-bond donors (Lipinski definition) is 0. The summed E-state index contributed by atoms with van der Waals surface area (Å²) in [5.74, 6) is -0.340. The monoisotopic (exact) mass is 294 g/mol. The normalized spacial score (nSPS) is 23.4. The number of carbonyl (C=O) groups excluding carboxylic acids is 3. The third-order valence-electron chi connectivity index (χ3n) is 6.23. The maximum absolute atomic E-state index is 13.2. The molecule has 3 heteroatoms. The molecule has 1 aliphatic carbocycles. The van der Waals surface area contributed by atoms with Crippen molar-refractivity contribution in [1.29, 1.82) is 0 Å². The van der Waals surface area contributed by atoms with E-state index < -0.39 is 16.2 Å². The SMILES string of the molecule is CCC1(CC)C(=O)C(CC)(CC)C(=O)C(CC)(CC)C1=O. The fraction of sp³-hybridized carbons (Fsp3) is 0.833. The van der Waals surface area contributed by atoms with Crippen molar-refractivity contribution >= 4 is 17.3 Å². The molecule has 3 nitrogen and oxygen atoms in total. The molecule has 0 unspecified atom stereocenters. The summed E-state index contributed by atoms with van der Waals surface area (Å²) in [4.78, 5) is 39.6. The molecule has 0 aromatic carbocycles. The summed E-state index contributed by atoms with van der Waals surface area (Å²) in [5, 5.41) is 0. The fourth-order valence-corrected chi connectivity index (χ4v) is 4.36. The number of ketones is 3. The van der Waals surface area contributed by atoms with Crippen molar-refractivity contribution in [3.05, 3.63) is 0 Å². The van der Waals surface area contributed by atoms with Crippen LogP contribution in [0.2, 0.25) is 0 Å². The third kappa shape index (κ3) is 1.96. The lowest BCUT2D eigenvalue weighted by molar-refractivity contribution is -0.172. The molecule has 120 valence electrons. The topological polar surface area (TPSA) is 51.2 Å². The summed E-state index contributed by atoms with van der Waals surface area (Å²) in [6.07, 6.45) is 2.99. The Morgan fingerprint density at radius 2 is 0.619 bits per heavy atom. The minimum Gasteiger partial charge on any atom is -0.297 e. The lowest BCUT2D eigenvalue weighted by atomic mass is 9.47. The Bertz CT molecular complexity index is 345. The first-order chi connectivity index (χ1) is 9.83. The van der Waals surface area contributed by atoms with Gasteiger partial charge >= 0.3 is 0 Å². The Labute approximate surface area is 128 Å². The second-order valence-electron chi connectivity index (χ2n) is 6.36. The molecule has 0 bridgehead atoms. The van der Waals surface area contributed by atoms with E-state index in [1.807, 2.05) is 41.5 Å². The van der Waals surface area contributed by atoms with Crippen molar-refractivity contribution in [1.82, 2.24) is 0 Å². The van der Waals surface area contributed by atoms with E-state index in [4.69, 9.17) is 0 Å². The summed E-state index contributed by atoms with van der Waals surface area (Å²) in [7, 11) is 0. The van der Waals surface area contributed by atoms with Gasteiger partial charge in [-0.15, -0.1) is 0 Å². The number of rotatable bonds is 6. The second-order valence-corrected chi connectivity index (χ2v) is 6.36. The molecule has 1 aliphatic rings. The van der Waals surface area contributed by atoms with Crippen molar-refractivity contribution in [3.63, 3.8) is 0 Å². The van der Waals surface area contributed by atoms with Gasteiger partial charge in [-0.25, -0.2) is 0 Å². The third-order valence-corrected chi connectivity index (χ3v) is 6.23. The van der Waals surface area contributed by atoms with Gasteiger partial charge in [-0.3, -0.25) is 14.4 Å². The van der Waals surface area contributed by atoms with Gasteiger partial charge < -0.3 is 0 Å². The molecule has 0 spiro atoms. The summed E-state index contributed by atoms with van der Waals surface area (Å²) in [6.45, 7) is 11.4. The predicted molar refractivity (Wildman–Crippen MR) is 84.1 cm³/mol. The molecular formula is C18H30O3. The van der Waals surface area contributed by atoms with Crippen LogP contribution in [0.3, 0.4) is 0 Å². The zero-order chi connectivity index (χ0) is 16.5. The average Bonchev–Trinajstić information content (AvgIpc) is 2.52. The molecule has 0 heterocycles. The van der Waals surface area contributed by atoms with Crippen LogP contribution in [0.5, 0.6) is 0 Å². The predicted octanol–water partition coefficient (Wildman–Crippen LogP) is 4.13. The minimum absolute atomic E-state index is 0.113. The zero-order valence-electron chi connectivity index (χ0n) is 14.5. The van der Waals surface area contributed by atoms with E-state index in [0.717, 1.165) is 0 Å². The highest BCUT2D eigenvalue weighted by molar-refractivity contribution is 6.31. The maximum Gasteiger partial charge on any atom is 0.159 e. The highest BCUT2D eigenvalue weighted by Gasteiger charge is 2.67. The molecule has 1 rings (SSSR count). The van der Waals surface area contributed by atoms with Gasteiger partial charge in [0, 0.05) is 0 Å². The van der Waals surface area contributed by atoms with E-state index in [1.165, 1.54) is 0 Å². The number of Topliss-reactive ketones (excluding diaryl/α,β-unsaturated/α-hetero) is 3. The van der Waals surface area contributed by atoms with Crippen molar-refractivity contribution < 1.29 is 14.4 Å². The Morgan fingerprint density at radius 3 is 0.714 bits per heavy atom. The highest BCUT2D eigenvalue weighted by atomic mass is 16.2. The van der Waals surface area contributed by atoms with Crippen LogP contribution < -0.4 is 0 Å². The van der Waals surface area contributed by atoms with E-state index in [2.05, 4.69) is 0 Å². The van der Waals surface area contributed by atoms with Crippen LogP contribution in [0.25, 0.3) is 0 Å².